The van der Waals surface area contributed by atoms with Crippen LogP contribution < -0.4 is 5.73 Å². The number of nitrogens with zero attached hydrogens (tertiary/aromatic N) is 4. The first kappa shape index (κ1) is 18.2. The summed E-state index contributed by atoms with van der Waals surface area (Å²) in [5.74, 6) is 0.274. The Kier molecular flexibility index (Phi) is 4.77. The molecule has 2 aromatic rings. The fraction of sp³-hybridized carbons (Fsp3) is 0.474. The number of likely N-dealkylation sites (tertiary alicyclic amines) is 1. The van der Waals surface area contributed by atoms with Crippen molar-refractivity contribution in [2.24, 2.45) is 11.7 Å². The Bertz CT molecular complexity index is 871. The predicted molar refractivity (Wildman–Crippen MR) is 102 cm³/mol. The number of rotatable bonds is 4. The number of benzene rings is 1. The van der Waals surface area contributed by atoms with E-state index in [9.17, 15) is 9.59 Å². The Morgan fingerprint density at radius 2 is 1.89 bits per heavy atom. The summed E-state index contributed by atoms with van der Waals surface area (Å²) in [6.45, 7) is 5.33. The molecule has 2 aliphatic heterocycles. The van der Waals surface area contributed by atoms with Crippen molar-refractivity contribution in [1.82, 2.24) is 19.7 Å². The first-order valence-electron chi connectivity index (χ1n) is 9.18. The van der Waals surface area contributed by atoms with Gasteiger partial charge >= 0.3 is 0 Å². The summed E-state index contributed by atoms with van der Waals surface area (Å²) < 4.78 is 1.43. The van der Waals surface area contributed by atoms with Crippen LogP contribution in [0.5, 0.6) is 0 Å². The lowest BCUT2D eigenvalue weighted by Crippen LogP contribution is -2.45. The number of fused-ring (bicyclic) bond motifs is 1. The van der Waals surface area contributed by atoms with E-state index in [4.69, 9.17) is 5.73 Å². The molecule has 142 valence electrons. The predicted octanol–water partition coefficient (Wildman–Crippen LogP) is 1.95. The molecule has 0 aliphatic carbocycles. The third-order valence-electron chi connectivity index (χ3n) is 5.40. The van der Waals surface area contributed by atoms with Crippen LogP contribution in [0.25, 0.3) is 0 Å². The van der Waals surface area contributed by atoms with Crippen LogP contribution in [-0.2, 0) is 4.79 Å². The van der Waals surface area contributed by atoms with E-state index in [2.05, 4.69) is 46.2 Å². The molecule has 8 heteroatoms. The summed E-state index contributed by atoms with van der Waals surface area (Å²) in [7, 11) is 0. The molecule has 1 amide bonds. The van der Waals surface area contributed by atoms with Gasteiger partial charge in [-0.2, -0.15) is 4.68 Å². The SMILES string of the molecule is Cc1ccc(C(C2Sc3nc(C)nn3C2=O)N2CCC(C(N)=O)CC2)cc1. The van der Waals surface area contributed by atoms with Crippen molar-refractivity contribution < 1.29 is 9.59 Å². The van der Waals surface area contributed by atoms with E-state index in [0.717, 1.165) is 31.5 Å². The molecule has 27 heavy (non-hydrogen) atoms. The third kappa shape index (κ3) is 3.39. The van der Waals surface area contributed by atoms with E-state index in [0.29, 0.717) is 11.0 Å². The minimum absolute atomic E-state index is 0.0294. The Morgan fingerprint density at radius 3 is 2.48 bits per heavy atom. The van der Waals surface area contributed by atoms with E-state index in [1.54, 1.807) is 6.92 Å². The average molecular weight is 385 g/mol. The maximum absolute atomic E-state index is 13.0. The lowest BCUT2D eigenvalue weighted by molar-refractivity contribution is -0.123. The van der Waals surface area contributed by atoms with Crippen molar-refractivity contribution in [3.8, 4) is 0 Å². The van der Waals surface area contributed by atoms with E-state index in [-0.39, 0.29) is 29.0 Å². The van der Waals surface area contributed by atoms with Gasteiger partial charge in [-0.15, -0.1) is 5.10 Å². The number of aryl methyl sites for hydroxylation is 2. The largest absolute Gasteiger partial charge is 0.369 e. The second-order valence-corrected chi connectivity index (χ2v) is 8.41. The Hall–Kier alpha value is -2.19. The van der Waals surface area contributed by atoms with E-state index < -0.39 is 0 Å². The molecule has 2 aliphatic rings. The van der Waals surface area contributed by atoms with Gasteiger partial charge in [-0.05, 0) is 45.3 Å². The van der Waals surface area contributed by atoms with Crippen molar-refractivity contribution in [2.45, 2.75) is 43.1 Å². The van der Waals surface area contributed by atoms with Gasteiger partial charge in [0.25, 0.3) is 5.91 Å². The lowest BCUT2D eigenvalue weighted by Gasteiger charge is -2.38. The minimum Gasteiger partial charge on any atom is -0.369 e. The Balaban J connectivity index is 1.63. The molecule has 3 heterocycles. The van der Waals surface area contributed by atoms with Gasteiger partial charge in [0.1, 0.15) is 11.1 Å². The topological polar surface area (TPSA) is 94.1 Å². The molecule has 1 saturated heterocycles. The number of primary amides is 1. The highest BCUT2D eigenvalue weighted by molar-refractivity contribution is 8.00. The van der Waals surface area contributed by atoms with Gasteiger partial charge in [-0.25, -0.2) is 4.98 Å². The number of piperidine rings is 1. The molecule has 4 rings (SSSR count). The number of carbonyl (C=O) groups is 2. The molecule has 0 spiro atoms. The second kappa shape index (κ2) is 7.09. The van der Waals surface area contributed by atoms with Crippen LogP contribution in [0.15, 0.2) is 29.4 Å². The van der Waals surface area contributed by atoms with Gasteiger partial charge in [0, 0.05) is 5.92 Å². The molecule has 2 unspecified atom stereocenters. The summed E-state index contributed by atoms with van der Waals surface area (Å²) in [6.07, 6.45) is 1.45. The normalized spacial score (nSPS) is 22.0. The summed E-state index contributed by atoms with van der Waals surface area (Å²) in [5.41, 5.74) is 7.77. The average Bonchev–Trinajstić information content (AvgIpc) is 3.15. The van der Waals surface area contributed by atoms with Crippen LogP contribution >= 0.6 is 11.8 Å². The summed E-state index contributed by atoms with van der Waals surface area (Å²) in [6, 6.07) is 8.25. The summed E-state index contributed by atoms with van der Waals surface area (Å²) in [5, 5.41) is 4.61. The summed E-state index contributed by atoms with van der Waals surface area (Å²) >= 11 is 1.48. The zero-order chi connectivity index (χ0) is 19.1. The molecule has 1 aromatic heterocycles. The Labute approximate surface area is 162 Å². The highest BCUT2D eigenvalue weighted by Gasteiger charge is 2.43. The van der Waals surface area contributed by atoms with E-state index in [1.807, 2.05) is 0 Å². The van der Waals surface area contributed by atoms with Gasteiger partial charge in [-0.1, -0.05) is 41.6 Å². The molecule has 0 bridgehead atoms. The van der Waals surface area contributed by atoms with Crippen molar-refractivity contribution >= 4 is 23.6 Å². The fourth-order valence-corrected chi connectivity index (χ4v) is 5.20. The number of carbonyl (C=O) groups excluding carboxylic acids is 2. The first-order valence-corrected chi connectivity index (χ1v) is 10.1. The van der Waals surface area contributed by atoms with Gasteiger partial charge < -0.3 is 5.73 Å². The molecule has 0 radical (unpaired) electrons. The van der Waals surface area contributed by atoms with Gasteiger partial charge in [0.15, 0.2) is 5.16 Å². The van der Waals surface area contributed by atoms with Crippen LogP contribution in [0.3, 0.4) is 0 Å². The van der Waals surface area contributed by atoms with Crippen LogP contribution in [0.2, 0.25) is 0 Å². The number of hydrogen-bond acceptors (Lipinski definition) is 6. The quantitative estimate of drug-likeness (QED) is 0.864. The zero-order valence-corrected chi connectivity index (χ0v) is 16.3. The zero-order valence-electron chi connectivity index (χ0n) is 15.5. The molecule has 2 atom stereocenters. The monoisotopic (exact) mass is 385 g/mol. The van der Waals surface area contributed by atoms with Crippen molar-refractivity contribution in [3.63, 3.8) is 0 Å². The van der Waals surface area contributed by atoms with Crippen LogP contribution in [0.4, 0.5) is 0 Å². The smallest absolute Gasteiger partial charge is 0.264 e. The van der Waals surface area contributed by atoms with Gasteiger partial charge in [-0.3, -0.25) is 14.5 Å². The third-order valence-corrected chi connectivity index (χ3v) is 6.59. The highest BCUT2D eigenvalue weighted by Crippen LogP contribution is 2.42. The van der Waals surface area contributed by atoms with Crippen molar-refractivity contribution in [2.75, 3.05) is 13.1 Å². The molecule has 1 aromatic carbocycles. The summed E-state index contributed by atoms with van der Waals surface area (Å²) in [4.78, 5) is 31.2. The number of aromatic nitrogens is 3. The van der Waals surface area contributed by atoms with E-state index >= 15 is 0 Å². The number of nitrogens with two attached hydrogens (primary N) is 1. The number of thioether (sulfide) groups is 1. The number of hydrogen-bond donors (Lipinski definition) is 1. The first-order chi connectivity index (χ1) is 12.9. The van der Waals surface area contributed by atoms with Gasteiger partial charge in [0.05, 0.1) is 6.04 Å². The Morgan fingerprint density at radius 1 is 1.22 bits per heavy atom. The maximum Gasteiger partial charge on any atom is 0.264 e. The van der Waals surface area contributed by atoms with Crippen molar-refractivity contribution in [3.05, 3.63) is 41.2 Å². The van der Waals surface area contributed by atoms with E-state index in [1.165, 1.54) is 22.0 Å². The van der Waals surface area contributed by atoms with Crippen LogP contribution in [0.1, 0.15) is 40.6 Å². The van der Waals surface area contributed by atoms with Gasteiger partial charge in [0.2, 0.25) is 5.91 Å². The highest BCUT2D eigenvalue weighted by atomic mass is 32.2. The molecule has 2 N–H and O–H groups in total. The molecule has 7 nitrogen and oxygen atoms in total. The maximum atomic E-state index is 13.0. The standard InChI is InChI=1S/C19H23N5O2S/c1-11-3-5-13(6-4-11)15(23-9-7-14(8-10-23)17(20)25)16-18(26)24-19(27-16)21-12(2)22-24/h3-6,14-16H,7-10H2,1-2H3,(H2,20,25). The number of amides is 1. The van der Waals surface area contributed by atoms with Crippen LogP contribution in [0, 0.1) is 19.8 Å². The molecule has 1 fully saturated rings. The second-order valence-electron chi connectivity index (χ2n) is 7.30. The molecular formula is C19H23N5O2S. The van der Waals surface area contributed by atoms with Crippen molar-refractivity contribution in [1.29, 1.82) is 0 Å². The van der Waals surface area contributed by atoms with Crippen LogP contribution in [-0.4, -0.2) is 49.8 Å². The minimum atomic E-state index is -0.298. The molecule has 0 saturated carbocycles. The fourth-order valence-electron chi connectivity index (χ4n) is 3.90. The molecular weight excluding hydrogens is 362 g/mol. The lowest BCUT2D eigenvalue weighted by atomic mass is 9.92.